The molecule has 0 aliphatic heterocycles. The number of aromatic nitrogens is 1. The molecule has 0 radical (unpaired) electrons. The molecule has 0 aliphatic rings. The molecule has 0 aromatic carbocycles. The van der Waals surface area contributed by atoms with E-state index >= 15 is 0 Å². The third-order valence-electron chi connectivity index (χ3n) is 1.59. The number of hydrogen-bond acceptors (Lipinski definition) is 5. The highest BCUT2D eigenvalue weighted by Crippen LogP contribution is 2.29. The minimum atomic E-state index is -4.96. The van der Waals surface area contributed by atoms with Crippen LogP contribution in [0.2, 0.25) is 0 Å². The molecule has 0 atom stereocenters. The summed E-state index contributed by atoms with van der Waals surface area (Å²) in [6.07, 6.45) is -4.96. The molecule has 1 heterocycles. The van der Waals surface area contributed by atoms with Crippen LogP contribution in [0.25, 0.3) is 0 Å². The second kappa shape index (κ2) is 5.00. The molecule has 1 aromatic rings. The monoisotopic (exact) mass is 363 g/mol. The topological polar surface area (TPSA) is 91.3 Å². The zero-order valence-corrected chi connectivity index (χ0v) is 10.2. The highest BCUT2D eigenvalue weighted by Gasteiger charge is 2.33. The molecule has 0 saturated heterocycles. The molecule has 17 heavy (non-hydrogen) atoms. The van der Waals surface area contributed by atoms with Gasteiger partial charge in [-0.25, -0.2) is 4.98 Å². The maximum absolute atomic E-state index is 11.9. The first kappa shape index (κ1) is 13.9. The van der Waals surface area contributed by atoms with Crippen molar-refractivity contribution in [2.24, 2.45) is 5.73 Å². The largest absolute Gasteiger partial charge is 0.574 e. The van der Waals surface area contributed by atoms with Gasteiger partial charge < -0.3 is 10.5 Å². The third kappa shape index (κ3) is 3.66. The van der Waals surface area contributed by atoms with E-state index < -0.39 is 22.9 Å². The predicted molar refractivity (Wildman–Crippen MR) is 58.2 cm³/mol. The molecule has 94 valence electrons. The van der Waals surface area contributed by atoms with E-state index in [-0.39, 0.29) is 15.8 Å². The van der Waals surface area contributed by atoms with Gasteiger partial charge in [0.25, 0.3) is 5.69 Å². The van der Waals surface area contributed by atoms with Gasteiger partial charge in [-0.1, -0.05) is 0 Å². The lowest BCUT2D eigenvalue weighted by Crippen LogP contribution is -2.19. The average Bonchev–Trinajstić information content (AvgIpc) is 2.17. The fourth-order valence-electron chi connectivity index (χ4n) is 0.981. The van der Waals surface area contributed by atoms with Crippen molar-refractivity contribution >= 4 is 28.3 Å². The smallest absolute Gasteiger partial charge is 0.388 e. The van der Waals surface area contributed by atoms with E-state index in [1.54, 1.807) is 22.6 Å². The van der Waals surface area contributed by atoms with Gasteiger partial charge in [0.2, 0.25) is 5.88 Å². The second-order valence-corrected chi connectivity index (χ2v) is 3.83. The SMILES string of the molecule is NCc1nc(OC(F)(F)F)cc([N+](=O)[O-])c1I. The number of nitrogens with zero attached hydrogens (tertiary/aromatic N) is 2. The highest BCUT2D eigenvalue weighted by atomic mass is 127. The number of rotatable bonds is 3. The van der Waals surface area contributed by atoms with E-state index in [2.05, 4.69) is 9.72 Å². The standard InChI is InChI=1S/C7H5F3IN3O3/c8-7(9,10)17-5-1-4(14(15)16)6(11)3(2-12)13-5/h1H,2,12H2. The van der Waals surface area contributed by atoms with Crippen LogP contribution in [0.15, 0.2) is 6.07 Å². The summed E-state index contributed by atoms with van der Waals surface area (Å²) in [4.78, 5) is 13.2. The van der Waals surface area contributed by atoms with Gasteiger partial charge in [0.1, 0.15) is 3.57 Å². The fraction of sp³-hybridized carbons (Fsp3) is 0.286. The molecular weight excluding hydrogens is 358 g/mol. The van der Waals surface area contributed by atoms with E-state index in [0.717, 1.165) is 0 Å². The second-order valence-electron chi connectivity index (χ2n) is 2.75. The van der Waals surface area contributed by atoms with Crippen LogP contribution in [0.5, 0.6) is 5.88 Å². The zero-order valence-electron chi connectivity index (χ0n) is 7.99. The van der Waals surface area contributed by atoms with Crippen molar-refractivity contribution in [3.63, 3.8) is 0 Å². The summed E-state index contributed by atoms with van der Waals surface area (Å²) in [5.41, 5.74) is 4.67. The summed E-state index contributed by atoms with van der Waals surface area (Å²) in [6.45, 7) is -0.228. The Labute approximate surface area is 106 Å². The molecule has 0 aliphatic carbocycles. The minimum absolute atomic E-state index is 0.0287. The van der Waals surface area contributed by atoms with Crippen LogP contribution in [-0.4, -0.2) is 16.3 Å². The number of alkyl halides is 3. The molecule has 0 spiro atoms. The molecule has 0 saturated carbocycles. The molecule has 10 heteroatoms. The Hall–Kier alpha value is -1.17. The Morgan fingerprint density at radius 3 is 2.59 bits per heavy atom. The maximum Gasteiger partial charge on any atom is 0.574 e. The minimum Gasteiger partial charge on any atom is -0.388 e. The summed E-state index contributed by atoms with van der Waals surface area (Å²) < 4.78 is 39.4. The van der Waals surface area contributed by atoms with Crippen LogP contribution in [0, 0.1) is 13.7 Å². The van der Waals surface area contributed by atoms with E-state index in [4.69, 9.17) is 5.73 Å². The normalized spacial score (nSPS) is 11.4. The third-order valence-corrected chi connectivity index (χ3v) is 2.77. The number of hydrogen-bond donors (Lipinski definition) is 1. The molecule has 0 fully saturated rings. The Kier molecular flexibility index (Phi) is 4.08. The van der Waals surface area contributed by atoms with Crippen molar-refractivity contribution < 1.29 is 22.8 Å². The van der Waals surface area contributed by atoms with Gasteiger partial charge >= 0.3 is 6.36 Å². The lowest BCUT2D eigenvalue weighted by atomic mass is 10.3. The van der Waals surface area contributed by atoms with E-state index in [9.17, 15) is 23.3 Å². The molecule has 1 aromatic heterocycles. The summed E-state index contributed by atoms with van der Waals surface area (Å²) >= 11 is 1.59. The predicted octanol–water partition coefficient (Wildman–Crippen LogP) is 1.95. The fourth-order valence-corrected chi connectivity index (χ4v) is 1.67. The Morgan fingerprint density at radius 2 is 2.18 bits per heavy atom. The molecule has 0 amide bonds. The Bertz CT molecular complexity index is 452. The Balaban J connectivity index is 3.25. The highest BCUT2D eigenvalue weighted by molar-refractivity contribution is 14.1. The summed E-state index contributed by atoms with van der Waals surface area (Å²) in [7, 11) is 0. The lowest BCUT2D eigenvalue weighted by molar-refractivity contribution is -0.386. The number of pyridine rings is 1. The van der Waals surface area contributed by atoms with Crippen molar-refractivity contribution in [2.75, 3.05) is 0 Å². The van der Waals surface area contributed by atoms with Crippen molar-refractivity contribution in [3.8, 4) is 5.88 Å². The van der Waals surface area contributed by atoms with Gasteiger partial charge in [-0.15, -0.1) is 13.2 Å². The number of halogens is 4. The van der Waals surface area contributed by atoms with Gasteiger partial charge in [0.15, 0.2) is 0 Å². The summed E-state index contributed by atoms with van der Waals surface area (Å²) in [5, 5.41) is 10.6. The van der Waals surface area contributed by atoms with Crippen LogP contribution in [0.4, 0.5) is 18.9 Å². The molecular formula is C7H5F3IN3O3. The van der Waals surface area contributed by atoms with E-state index in [0.29, 0.717) is 6.07 Å². The lowest BCUT2D eigenvalue weighted by Gasteiger charge is -2.09. The molecule has 0 unspecified atom stereocenters. The molecule has 1 rings (SSSR count). The number of nitro groups is 1. The van der Waals surface area contributed by atoms with Crippen molar-refractivity contribution in [3.05, 3.63) is 25.4 Å². The molecule has 0 bridgehead atoms. The van der Waals surface area contributed by atoms with Crippen LogP contribution in [0.3, 0.4) is 0 Å². The Morgan fingerprint density at radius 1 is 1.59 bits per heavy atom. The van der Waals surface area contributed by atoms with Crippen molar-refractivity contribution in [1.29, 1.82) is 0 Å². The summed E-state index contributed by atoms with van der Waals surface area (Å²) in [6, 6.07) is 0.606. The summed E-state index contributed by atoms with van der Waals surface area (Å²) in [5.74, 6) is -0.898. The average molecular weight is 363 g/mol. The van der Waals surface area contributed by atoms with Gasteiger partial charge in [-0.2, -0.15) is 0 Å². The van der Waals surface area contributed by atoms with Crippen molar-refractivity contribution in [1.82, 2.24) is 4.98 Å². The number of ether oxygens (including phenoxy) is 1. The van der Waals surface area contributed by atoms with Crippen LogP contribution >= 0.6 is 22.6 Å². The van der Waals surface area contributed by atoms with Gasteiger partial charge in [-0.05, 0) is 22.6 Å². The zero-order chi connectivity index (χ0) is 13.2. The van der Waals surface area contributed by atoms with Gasteiger partial charge in [-0.3, -0.25) is 10.1 Å². The van der Waals surface area contributed by atoms with Gasteiger partial charge in [0, 0.05) is 6.54 Å². The maximum atomic E-state index is 11.9. The van der Waals surface area contributed by atoms with Gasteiger partial charge in [0.05, 0.1) is 16.7 Å². The molecule has 2 N–H and O–H groups in total. The van der Waals surface area contributed by atoms with E-state index in [1.165, 1.54) is 0 Å². The first-order valence-electron chi connectivity index (χ1n) is 4.04. The molecule has 6 nitrogen and oxygen atoms in total. The number of nitrogens with two attached hydrogens (primary N) is 1. The van der Waals surface area contributed by atoms with Crippen molar-refractivity contribution in [2.45, 2.75) is 12.9 Å². The van der Waals surface area contributed by atoms with E-state index in [1.807, 2.05) is 0 Å². The van der Waals surface area contributed by atoms with Crippen LogP contribution < -0.4 is 10.5 Å². The first-order chi connectivity index (χ1) is 7.74. The first-order valence-corrected chi connectivity index (χ1v) is 5.12. The van der Waals surface area contributed by atoms with Crippen LogP contribution in [-0.2, 0) is 6.54 Å². The quantitative estimate of drug-likeness (QED) is 0.504. The van der Waals surface area contributed by atoms with Crippen LogP contribution in [0.1, 0.15) is 5.69 Å².